The van der Waals surface area contributed by atoms with Gasteiger partial charge in [-0.3, -0.25) is 0 Å². The van der Waals surface area contributed by atoms with Gasteiger partial charge in [0.25, 0.3) is 0 Å². The number of nitrogens with one attached hydrogen (secondary N) is 1. The van der Waals surface area contributed by atoms with Crippen LogP contribution in [0.5, 0.6) is 11.5 Å². The van der Waals surface area contributed by atoms with Crippen LogP contribution in [0.1, 0.15) is 33.6 Å². The first-order valence-corrected chi connectivity index (χ1v) is 7.95. The number of hydrogen-bond donors (Lipinski definition) is 1. The van der Waals surface area contributed by atoms with E-state index in [2.05, 4.69) is 30.1 Å². The van der Waals surface area contributed by atoms with Crippen LogP contribution in [0.15, 0.2) is 18.2 Å². The van der Waals surface area contributed by atoms with Gasteiger partial charge in [-0.15, -0.1) is 0 Å². The van der Waals surface area contributed by atoms with E-state index >= 15 is 0 Å². The fraction of sp³-hybridized carbons (Fsp3) is 0.647. The molecular weight excluding hydrogens is 264 g/mol. The van der Waals surface area contributed by atoms with Crippen LogP contribution < -0.4 is 14.8 Å². The largest absolute Gasteiger partial charge is 0.493 e. The van der Waals surface area contributed by atoms with Crippen molar-refractivity contribution in [3.05, 3.63) is 18.2 Å². The van der Waals surface area contributed by atoms with Crippen molar-refractivity contribution in [2.45, 2.75) is 45.7 Å². The Bertz CT molecular complexity index is 440. The molecule has 4 heteroatoms. The van der Waals surface area contributed by atoms with Crippen LogP contribution in [0.2, 0.25) is 0 Å². The molecule has 1 aromatic rings. The normalized spacial score (nSPS) is 17.0. The number of likely N-dealkylation sites (tertiary alicyclic amines) is 1. The number of benzene rings is 1. The number of ether oxygens (including phenoxy) is 2. The van der Waals surface area contributed by atoms with Crippen LogP contribution in [0.25, 0.3) is 0 Å². The molecular formula is C17H28N2O2. The first-order chi connectivity index (χ1) is 10.1. The van der Waals surface area contributed by atoms with Crippen molar-refractivity contribution in [1.82, 2.24) is 4.90 Å². The Morgan fingerprint density at radius 3 is 2.52 bits per heavy atom. The minimum absolute atomic E-state index is 0.544. The molecule has 0 aromatic heterocycles. The van der Waals surface area contributed by atoms with Crippen molar-refractivity contribution in [2.75, 3.05) is 32.1 Å². The standard InChI is InChI=1S/C17H28N2O2/c1-5-21-16-7-6-15(12-17(16)20-4)18-14-8-10-19(11-9-14)13(2)3/h6-7,12-14,18H,5,8-11H2,1-4H3. The molecule has 1 heterocycles. The zero-order valence-electron chi connectivity index (χ0n) is 13.7. The van der Waals surface area contributed by atoms with E-state index in [1.165, 1.54) is 25.9 Å². The van der Waals surface area contributed by atoms with Gasteiger partial charge in [0, 0.05) is 36.9 Å². The lowest BCUT2D eigenvalue weighted by atomic mass is 10.0. The van der Waals surface area contributed by atoms with Gasteiger partial charge in [0.2, 0.25) is 0 Å². The summed E-state index contributed by atoms with van der Waals surface area (Å²) in [5.74, 6) is 1.60. The van der Waals surface area contributed by atoms with E-state index in [1.54, 1.807) is 7.11 Å². The summed E-state index contributed by atoms with van der Waals surface area (Å²) >= 11 is 0. The van der Waals surface area contributed by atoms with E-state index in [0.717, 1.165) is 17.2 Å². The molecule has 1 aliphatic rings. The topological polar surface area (TPSA) is 33.7 Å². The predicted molar refractivity (Wildman–Crippen MR) is 87.5 cm³/mol. The first-order valence-electron chi connectivity index (χ1n) is 7.95. The third kappa shape index (κ3) is 4.27. The molecule has 1 N–H and O–H groups in total. The van der Waals surface area contributed by atoms with E-state index in [-0.39, 0.29) is 0 Å². The molecule has 0 bridgehead atoms. The van der Waals surface area contributed by atoms with Crippen LogP contribution in [0.3, 0.4) is 0 Å². The van der Waals surface area contributed by atoms with Gasteiger partial charge in [-0.05, 0) is 45.7 Å². The second-order valence-electron chi connectivity index (χ2n) is 5.85. The van der Waals surface area contributed by atoms with Crippen LogP contribution >= 0.6 is 0 Å². The molecule has 1 aliphatic heterocycles. The molecule has 0 spiro atoms. The van der Waals surface area contributed by atoms with Gasteiger partial charge < -0.3 is 19.7 Å². The lowest BCUT2D eigenvalue weighted by molar-refractivity contribution is 0.177. The van der Waals surface area contributed by atoms with E-state index in [0.29, 0.717) is 18.7 Å². The van der Waals surface area contributed by atoms with Gasteiger partial charge >= 0.3 is 0 Å². The summed E-state index contributed by atoms with van der Waals surface area (Å²) < 4.78 is 11.0. The van der Waals surface area contributed by atoms with Crippen LogP contribution in [-0.4, -0.2) is 43.8 Å². The number of methoxy groups -OCH3 is 1. The molecule has 1 aromatic carbocycles. The highest BCUT2D eigenvalue weighted by molar-refractivity contribution is 5.55. The molecule has 21 heavy (non-hydrogen) atoms. The summed E-state index contributed by atoms with van der Waals surface area (Å²) in [6.45, 7) is 9.51. The highest BCUT2D eigenvalue weighted by Gasteiger charge is 2.20. The summed E-state index contributed by atoms with van der Waals surface area (Å²) in [5, 5.41) is 3.62. The summed E-state index contributed by atoms with van der Waals surface area (Å²) in [4.78, 5) is 2.54. The second kappa shape index (κ2) is 7.55. The average Bonchev–Trinajstić information content (AvgIpc) is 2.49. The SMILES string of the molecule is CCOc1ccc(NC2CCN(C(C)C)CC2)cc1OC. The molecule has 1 saturated heterocycles. The molecule has 0 unspecified atom stereocenters. The Kier molecular flexibility index (Phi) is 5.74. The molecule has 0 saturated carbocycles. The summed E-state index contributed by atoms with van der Waals surface area (Å²) in [6.07, 6.45) is 2.38. The number of nitrogens with zero attached hydrogens (tertiary/aromatic N) is 1. The van der Waals surface area contributed by atoms with E-state index in [1.807, 2.05) is 19.1 Å². The zero-order valence-corrected chi connectivity index (χ0v) is 13.7. The van der Waals surface area contributed by atoms with Crippen molar-refractivity contribution in [3.8, 4) is 11.5 Å². The minimum atomic E-state index is 0.544. The van der Waals surface area contributed by atoms with Gasteiger partial charge in [0.1, 0.15) is 0 Å². The lowest BCUT2D eigenvalue weighted by Crippen LogP contribution is -2.42. The minimum Gasteiger partial charge on any atom is -0.493 e. The Morgan fingerprint density at radius 2 is 1.95 bits per heavy atom. The smallest absolute Gasteiger partial charge is 0.162 e. The van der Waals surface area contributed by atoms with Crippen molar-refractivity contribution in [3.63, 3.8) is 0 Å². The Balaban J connectivity index is 1.94. The second-order valence-corrected chi connectivity index (χ2v) is 5.85. The molecule has 1 fully saturated rings. The summed E-state index contributed by atoms with van der Waals surface area (Å²) in [6, 6.07) is 7.27. The van der Waals surface area contributed by atoms with Gasteiger partial charge in [0.15, 0.2) is 11.5 Å². The quantitative estimate of drug-likeness (QED) is 0.871. The molecule has 0 radical (unpaired) electrons. The van der Waals surface area contributed by atoms with E-state index < -0.39 is 0 Å². The number of hydrogen-bond acceptors (Lipinski definition) is 4. The number of rotatable bonds is 6. The monoisotopic (exact) mass is 292 g/mol. The Morgan fingerprint density at radius 1 is 1.24 bits per heavy atom. The fourth-order valence-corrected chi connectivity index (χ4v) is 2.83. The zero-order chi connectivity index (χ0) is 15.2. The Labute approximate surface area is 128 Å². The highest BCUT2D eigenvalue weighted by atomic mass is 16.5. The average molecular weight is 292 g/mol. The summed E-state index contributed by atoms with van der Waals surface area (Å²) in [7, 11) is 1.68. The maximum absolute atomic E-state index is 5.55. The van der Waals surface area contributed by atoms with Crippen molar-refractivity contribution in [2.24, 2.45) is 0 Å². The number of anilines is 1. The number of piperidine rings is 1. The molecule has 0 aliphatic carbocycles. The lowest BCUT2D eigenvalue weighted by Gasteiger charge is -2.35. The van der Waals surface area contributed by atoms with Crippen molar-refractivity contribution in [1.29, 1.82) is 0 Å². The van der Waals surface area contributed by atoms with Gasteiger partial charge in [-0.2, -0.15) is 0 Å². The fourth-order valence-electron chi connectivity index (χ4n) is 2.83. The van der Waals surface area contributed by atoms with E-state index in [4.69, 9.17) is 9.47 Å². The third-order valence-electron chi connectivity index (χ3n) is 4.09. The molecule has 0 atom stereocenters. The van der Waals surface area contributed by atoms with Crippen molar-refractivity contribution < 1.29 is 9.47 Å². The van der Waals surface area contributed by atoms with Crippen LogP contribution in [0, 0.1) is 0 Å². The predicted octanol–water partition coefficient (Wildman–Crippen LogP) is 3.38. The maximum Gasteiger partial charge on any atom is 0.162 e. The van der Waals surface area contributed by atoms with Gasteiger partial charge in [-0.25, -0.2) is 0 Å². The highest BCUT2D eigenvalue weighted by Crippen LogP contribution is 2.31. The van der Waals surface area contributed by atoms with Crippen LogP contribution in [0.4, 0.5) is 5.69 Å². The molecule has 4 nitrogen and oxygen atoms in total. The molecule has 0 amide bonds. The van der Waals surface area contributed by atoms with Gasteiger partial charge in [-0.1, -0.05) is 0 Å². The maximum atomic E-state index is 5.55. The summed E-state index contributed by atoms with van der Waals surface area (Å²) in [5.41, 5.74) is 1.11. The first kappa shape index (κ1) is 16.0. The Hall–Kier alpha value is -1.42. The van der Waals surface area contributed by atoms with E-state index in [9.17, 15) is 0 Å². The molecule has 118 valence electrons. The van der Waals surface area contributed by atoms with Crippen LogP contribution in [-0.2, 0) is 0 Å². The van der Waals surface area contributed by atoms with Crippen molar-refractivity contribution >= 4 is 5.69 Å². The van der Waals surface area contributed by atoms with Gasteiger partial charge in [0.05, 0.1) is 13.7 Å². The molecule has 2 rings (SSSR count). The third-order valence-corrected chi connectivity index (χ3v) is 4.09.